The lowest BCUT2D eigenvalue weighted by Gasteiger charge is -2.24. The van der Waals surface area contributed by atoms with E-state index in [4.69, 9.17) is 5.14 Å². The smallest absolute Gasteiger partial charge is 0.238 e. The maximum Gasteiger partial charge on any atom is 0.238 e. The highest BCUT2D eigenvalue weighted by Crippen LogP contribution is 2.25. The Bertz CT molecular complexity index is 1100. The second-order valence-electron chi connectivity index (χ2n) is 7.07. The third-order valence-electron chi connectivity index (χ3n) is 5.07. The molecule has 1 atom stereocenters. The van der Waals surface area contributed by atoms with Gasteiger partial charge in [-0.15, -0.1) is 11.3 Å². The summed E-state index contributed by atoms with van der Waals surface area (Å²) in [5.74, 6) is 0.824. The van der Waals surface area contributed by atoms with Crippen molar-refractivity contribution in [1.82, 2.24) is 14.5 Å². The standard InChI is InChI=1S/C20H26N4O3S2/c1-4-11-24-17-8-7-15(29(21,26)27)13-16(17)22-19(24)9-10-20(25)23(3)14(2)18-6-5-12-28-18/h5-8,12-14H,4,9-11H2,1-3H3,(H2,21,26,27). The predicted molar refractivity (Wildman–Crippen MR) is 115 cm³/mol. The number of imidazole rings is 1. The van der Waals surface area contributed by atoms with Gasteiger partial charge in [-0.2, -0.15) is 0 Å². The highest BCUT2D eigenvalue weighted by atomic mass is 32.2. The van der Waals surface area contributed by atoms with Crippen LogP contribution in [0.5, 0.6) is 0 Å². The largest absolute Gasteiger partial charge is 0.338 e. The van der Waals surface area contributed by atoms with Gasteiger partial charge in [0.15, 0.2) is 0 Å². The van der Waals surface area contributed by atoms with Gasteiger partial charge in [0.25, 0.3) is 0 Å². The van der Waals surface area contributed by atoms with Gasteiger partial charge >= 0.3 is 0 Å². The quantitative estimate of drug-likeness (QED) is 0.588. The zero-order valence-corrected chi connectivity index (χ0v) is 18.5. The predicted octanol–water partition coefficient (Wildman–Crippen LogP) is 3.31. The van der Waals surface area contributed by atoms with Crippen LogP contribution in [0.25, 0.3) is 11.0 Å². The van der Waals surface area contributed by atoms with E-state index < -0.39 is 10.0 Å². The summed E-state index contributed by atoms with van der Waals surface area (Å²) in [6, 6.07) is 8.76. The summed E-state index contributed by atoms with van der Waals surface area (Å²) in [6.45, 7) is 4.83. The molecule has 0 bridgehead atoms. The number of nitrogens with two attached hydrogens (primary N) is 1. The molecule has 0 saturated heterocycles. The van der Waals surface area contributed by atoms with Gasteiger partial charge in [-0.1, -0.05) is 13.0 Å². The van der Waals surface area contributed by atoms with Crippen LogP contribution >= 0.6 is 11.3 Å². The number of fused-ring (bicyclic) bond motifs is 1. The van der Waals surface area contributed by atoms with Gasteiger partial charge in [0.05, 0.1) is 22.0 Å². The fourth-order valence-corrected chi connectivity index (χ4v) is 4.69. The fourth-order valence-electron chi connectivity index (χ4n) is 3.33. The van der Waals surface area contributed by atoms with Crippen molar-refractivity contribution < 1.29 is 13.2 Å². The Hall–Kier alpha value is -2.23. The number of aryl methyl sites for hydroxylation is 2. The Morgan fingerprint density at radius 2 is 2.10 bits per heavy atom. The Kier molecular flexibility index (Phi) is 6.40. The van der Waals surface area contributed by atoms with Crippen LogP contribution in [0.1, 0.15) is 43.4 Å². The molecular formula is C20H26N4O3S2. The molecule has 156 valence electrons. The van der Waals surface area contributed by atoms with E-state index in [1.54, 1.807) is 22.3 Å². The van der Waals surface area contributed by atoms with Crippen molar-refractivity contribution in [3.8, 4) is 0 Å². The monoisotopic (exact) mass is 434 g/mol. The van der Waals surface area contributed by atoms with E-state index in [-0.39, 0.29) is 16.8 Å². The number of carbonyl (C=O) groups excluding carboxylic acids is 1. The molecule has 1 amide bonds. The molecule has 0 aliphatic rings. The number of hydrogen-bond donors (Lipinski definition) is 1. The van der Waals surface area contributed by atoms with Crippen LogP contribution in [-0.2, 0) is 27.8 Å². The van der Waals surface area contributed by atoms with Crippen LogP contribution in [0.2, 0.25) is 0 Å². The second kappa shape index (κ2) is 8.64. The Morgan fingerprint density at radius 3 is 2.72 bits per heavy atom. The third-order valence-corrected chi connectivity index (χ3v) is 7.02. The molecule has 29 heavy (non-hydrogen) atoms. The van der Waals surface area contributed by atoms with E-state index in [2.05, 4.69) is 16.5 Å². The first-order valence-corrected chi connectivity index (χ1v) is 12.0. The average Bonchev–Trinajstić information content (AvgIpc) is 3.32. The molecule has 0 aliphatic carbocycles. The van der Waals surface area contributed by atoms with Crippen LogP contribution in [0.3, 0.4) is 0 Å². The topological polar surface area (TPSA) is 98.3 Å². The van der Waals surface area contributed by atoms with E-state index >= 15 is 0 Å². The average molecular weight is 435 g/mol. The number of nitrogens with zero attached hydrogens (tertiary/aromatic N) is 3. The molecule has 1 unspecified atom stereocenters. The Balaban J connectivity index is 1.81. The van der Waals surface area contributed by atoms with Gasteiger partial charge in [0.2, 0.25) is 15.9 Å². The summed E-state index contributed by atoms with van der Waals surface area (Å²) in [4.78, 5) is 20.3. The molecule has 1 aromatic carbocycles. The highest BCUT2D eigenvalue weighted by molar-refractivity contribution is 7.89. The Morgan fingerprint density at radius 1 is 1.34 bits per heavy atom. The molecule has 2 heterocycles. The molecule has 0 fully saturated rings. The number of aromatic nitrogens is 2. The summed E-state index contributed by atoms with van der Waals surface area (Å²) >= 11 is 1.64. The molecule has 0 spiro atoms. The molecule has 9 heteroatoms. The SMILES string of the molecule is CCCn1c(CCC(=O)N(C)C(C)c2cccs2)nc2cc(S(N)(=O)=O)ccc21. The van der Waals surface area contributed by atoms with E-state index in [1.165, 1.54) is 12.1 Å². The molecule has 2 aromatic heterocycles. The van der Waals surface area contributed by atoms with Gasteiger partial charge in [-0.05, 0) is 43.0 Å². The lowest BCUT2D eigenvalue weighted by atomic mass is 10.2. The number of benzene rings is 1. The van der Waals surface area contributed by atoms with Crippen molar-refractivity contribution in [1.29, 1.82) is 0 Å². The lowest BCUT2D eigenvalue weighted by molar-refractivity contribution is -0.131. The van der Waals surface area contributed by atoms with Crippen LogP contribution in [0.4, 0.5) is 0 Å². The third kappa shape index (κ3) is 4.68. The van der Waals surface area contributed by atoms with Crippen molar-refractivity contribution in [2.24, 2.45) is 5.14 Å². The van der Waals surface area contributed by atoms with Gasteiger partial charge in [0.1, 0.15) is 5.82 Å². The minimum absolute atomic E-state index is 0.0225. The van der Waals surface area contributed by atoms with Crippen molar-refractivity contribution in [3.63, 3.8) is 0 Å². The first kappa shape index (κ1) is 21.5. The summed E-state index contributed by atoms with van der Waals surface area (Å²) < 4.78 is 25.3. The molecule has 3 rings (SSSR count). The molecule has 0 radical (unpaired) electrons. The second-order valence-corrected chi connectivity index (χ2v) is 9.61. The van der Waals surface area contributed by atoms with Gasteiger partial charge < -0.3 is 9.47 Å². The summed E-state index contributed by atoms with van der Waals surface area (Å²) in [7, 11) is -1.97. The van der Waals surface area contributed by atoms with Crippen molar-refractivity contribution in [2.75, 3.05) is 7.05 Å². The minimum Gasteiger partial charge on any atom is -0.338 e. The zero-order valence-electron chi connectivity index (χ0n) is 16.8. The number of carbonyl (C=O) groups is 1. The number of thiophene rings is 1. The van der Waals surface area contributed by atoms with Gasteiger partial charge in [-0.25, -0.2) is 18.5 Å². The van der Waals surface area contributed by atoms with Gasteiger partial charge in [0, 0.05) is 31.3 Å². The normalized spacial score (nSPS) is 13.0. The minimum atomic E-state index is -3.79. The molecule has 0 aliphatic heterocycles. The number of primary sulfonamides is 1. The highest BCUT2D eigenvalue weighted by Gasteiger charge is 2.20. The summed E-state index contributed by atoms with van der Waals surface area (Å²) in [5.41, 5.74) is 1.43. The first-order valence-electron chi connectivity index (χ1n) is 9.53. The van der Waals surface area contributed by atoms with Crippen molar-refractivity contribution >= 4 is 38.3 Å². The maximum absolute atomic E-state index is 12.7. The van der Waals surface area contributed by atoms with Crippen LogP contribution < -0.4 is 5.14 Å². The van der Waals surface area contributed by atoms with Crippen LogP contribution in [-0.4, -0.2) is 35.8 Å². The number of rotatable bonds is 8. The fraction of sp³-hybridized carbons (Fsp3) is 0.400. The number of hydrogen-bond acceptors (Lipinski definition) is 5. The van der Waals surface area contributed by atoms with E-state index in [9.17, 15) is 13.2 Å². The Labute approximate surface area is 175 Å². The van der Waals surface area contributed by atoms with E-state index in [0.29, 0.717) is 18.4 Å². The van der Waals surface area contributed by atoms with E-state index in [0.717, 1.165) is 29.2 Å². The molecular weight excluding hydrogens is 408 g/mol. The summed E-state index contributed by atoms with van der Waals surface area (Å²) in [5, 5.41) is 7.25. The molecule has 0 saturated carbocycles. The summed E-state index contributed by atoms with van der Waals surface area (Å²) in [6.07, 6.45) is 1.72. The van der Waals surface area contributed by atoms with Gasteiger partial charge in [-0.3, -0.25) is 4.79 Å². The number of sulfonamides is 1. The van der Waals surface area contributed by atoms with Crippen LogP contribution in [0.15, 0.2) is 40.6 Å². The van der Waals surface area contributed by atoms with Crippen molar-refractivity contribution in [2.45, 2.75) is 50.6 Å². The van der Waals surface area contributed by atoms with E-state index in [1.807, 2.05) is 31.5 Å². The molecule has 3 aromatic rings. The van der Waals surface area contributed by atoms with Crippen molar-refractivity contribution in [3.05, 3.63) is 46.4 Å². The zero-order chi connectivity index (χ0) is 21.2. The van der Waals surface area contributed by atoms with Crippen LogP contribution in [0, 0.1) is 0 Å². The lowest BCUT2D eigenvalue weighted by Crippen LogP contribution is -2.29. The maximum atomic E-state index is 12.7. The first-order chi connectivity index (χ1) is 13.7. The molecule has 2 N–H and O–H groups in total. The molecule has 7 nitrogen and oxygen atoms in total. The number of amides is 1.